The summed E-state index contributed by atoms with van der Waals surface area (Å²) in [7, 11) is 0. The molecule has 0 aliphatic heterocycles. The summed E-state index contributed by atoms with van der Waals surface area (Å²) in [5, 5.41) is 0. The molecule has 2 N–H and O–H groups in total. The lowest BCUT2D eigenvalue weighted by atomic mass is 9.77. The SMILES string of the molecule is CCc1cc(C2(N)CCCCC2)ccc1F. The minimum absolute atomic E-state index is 0.106. The largest absolute Gasteiger partial charge is 0.321 e. The maximum Gasteiger partial charge on any atom is 0.126 e. The van der Waals surface area contributed by atoms with Gasteiger partial charge in [0.1, 0.15) is 5.82 Å². The molecule has 0 amide bonds. The Balaban J connectivity index is 2.32. The molecule has 0 radical (unpaired) electrons. The molecule has 0 heterocycles. The zero-order valence-electron chi connectivity index (χ0n) is 9.93. The van der Waals surface area contributed by atoms with E-state index >= 15 is 0 Å². The Kier molecular flexibility index (Phi) is 3.29. The van der Waals surface area contributed by atoms with Gasteiger partial charge in [-0.15, -0.1) is 0 Å². The van der Waals surface area contributed by atoms with Gasteiger partial charge in [0.2, 0.25) is 0 Å². The molecule has 1 fully saturated rings. The van der Waals surface area contributed by atoms with E-state index in [0.29, 0.717) is 0 Å². The van der Waals surface area contributed by atoms with Crippen molar-refractivity contribution in [3.8, 4) is 0 Å². The van der Waals surface area contributed by atoms with E-state index in [0.717, 1.165) is 30.4 Å². The van der Waals surface area contributed by atoms with E-state index < -0.39 is 0 Å². The highest BCUT2D eigenvalue weighted by Gasteiger charge is 2.29. The van der Waals surface area contributed by atoms with Crippen LogP contribution in [0.15, 0.2) is 18.2 Å². The third-order valence-corrected chi connectivity index (χ3v) is 3.75. The van der Waals surface area contributed by atoms with Gasteiger partial charge in [0.25, 0.3) is 0 Å². The van der Waals surface area contributed by atoms with Crippen molar-refractivity contribution in [2.24, 2.45) is 5.73 Å². The summed E-state index contributed by atoms with van der Waals surface area (Å²) in [4.78, 5) is 0. The van der Waals surface area contributed by atoms with Crippen LogP contribution in [0.3, 0.4) is 0 Å². The quantitative estimate of drug-likeness (QED) is 0.812. The number of benzene rings is 1. The van der Waals surface area contributed by atoms with Crippen LogP contribution in [0.4, 0.5) is 4.39 Å². The summed E-state index contributed by atoms with van der Waals surface area (Å²) in [6.07, 6.45) is 6.45. The second-order valence-electron chi connectivity index (χ2n) is 4.88. The molecule has 0 bridgehead atoms. The molecule has 1 saturated carbocycles. The van der Waals surface area contributed by atoms with Crippen molar-refractivity contribution >= 4 is 0 Å². The van der Waals surface area contributed by atoms with Crippen LogP contribution in [-0.2, 0) is 12.0 Å². The molecule has 1 aliphatic rings. The molecule has 16 heavy (non-hydrogen) atoms. The third kappa shape index (κ3) is 2.12. The zero-order valence-corrected chi connectivity index (χ0v) is 9.93. The molecule has 1 nitrogen and oxygen atoms in total. The third-order valence-electron chi connectivity index (χ3n) is 3.75. The van der Waals surface area contributed by atoms with Gasteiger partial charge in [-0.1, -0.05) is 38.3 Å². The molecule has 2 rings (SSSR count). The molecule has 2 heteroatoms. The number of rotatable bonds is 2. The number of hydrogen-bond acceptors (Lipinski definition) is 1. The summed E-state index contributed by atoms with van der Waals surface area (Å²) >= 11 is 0. The first-order chi connectivity index (χ1) is 7.65. The van der Waals surface area contributed by atoms with Crippen molar-refractivity contribution in [2.75, 3.05) is 0 Å². The second kappa shape index (κ2) is 4.54. The lowest BCUT2D eigenvalue weighted by molar-refractivity contribution is 0.302. The van der Waals surface area contributed by atoms with Crippen molar-refractivity contribution in [1.29, 1.82) is 0 Å². The Bertz CT molecular complexity index is 367. The van der Waals surface area contributed by atoms with Crippen LogP contribution in [0.5, 0.6) is 0 Å². The van der Waals surface area contributed by atoms with Gasteiger partial charge in [0.15, 0.2) is 0 Å². The van der Waals surface area contributed by atoms with Gasteiger partial charge in [0.05, 0.1) is 0 Å². The molecule has 0 aromatic heterocycles. The Morgan fingerprint density at radius 1 is 1.25 bits per heavy atom. The van der Waals surface area contributed by atoms with Gasteiger partial charge in [-0.05, 0) is 36.5 Å². The lowest BCUT2D eigenvalue weighted by Gasteiger charge is -2.34. The zero-order chi connectivity index (χ0) is 11.6. The van der Waals surface area contributed by atoms with Crippen LogP contribution in [0.1, 0.15) is 50.2 Å². The highest BCUT2D eigenvalue weighted by atomic mass is 19.1. The fourth-order valence-corrected chi connectivity index (χ4v) is 2.63. The van der Waals surface area contributed by atoms with Crippen molar-refractivity contribution in [2.45, 2.75) is 51.0 Å². The first kappa shape index (κ1) is 11.6. The van der Waals surface area contributed by atoms with Gasteiger partial charge in [0, 0.05) is 5.54 Å². The maximum absolute atomic E-state index is 13.4. The van der Waals surface area contributed by atoms with Crippen LogP contribution < -0.4 is 5.73 Å². The molecule has 1 aromatic rings. The summed E-state index contributed by atoms with van der Waals surface area (Å²) in [5.74, 6) is -0.106. The summed E-state index contributed by atoms with van der Waals surface area (Å²) in [5.41, 5.74) is 8.12. The maximum atomic E-state index is 13.4. The molecule has 0 atom stereocenters. The average molecular weight is 221 g/mol. The fraction of sp³-hybridized carbons (Fsp3) is 0.571. The monoisotopic (exact) mass is 221 g/mol. The Morgan fingerprint density at radius 2 is 1.94 bits per heavy atom. The number of halogens is 1. The van der Waals surface area contributed by atoms with Gasteiger partial charge < -0.3 is 5.73 Å². The molecular formula is C14H20FN. The van der Waals surface area contributed by atoms with Crippen molar-refractivity contribution in [1.82, 2.24) is 0 Å². The molecule has 88 valence electrons. The van der Waals surface area contributed by atoms with Crippen LogP contribution in [0, 0.1) is 5.82 Å². The predicted molar refractivity (Wildman–Crippen MR) is 64.7 cm³/mol. The van der Waals surface area contributed by atoms with E-state index in [4.69, 9.17) is 5.73 Å². The molecule has 0 unspecified atom stereocenters. The Hall–Kier alpha value is -0.890. The van der Waals surface area contributed by atoms with Gasteiger partial charge in [-0.3, -0.25) is 0 Å². The Morgan fingerprint density at radius 3 is 2.56 bits per heavy atom. The highest BCUT2D eigenvalue weighted by molar-refractivity contribution is 5.31. The van der Waals surface area contributed by atoms with Crippen molar-refractivity contribution in [3.05, 3.63) is 35.1 Å². The number of aryl methyl sites for hydroxylation is 1. The summed E-state index contributed by atoms with van der Waals surface area (Å²) in [6, 6.07) is 5.39. The topological polar surface area (TPSA) is 26.0 Å². The molecule has 0 spiro atoms. The molecule has 1 aromatic carbocycles. The number of nitrogens with two attached hydrogens (primary N) is 1. The standard InChI is InChI=1S/C14H20FN/c1-2-11-10-12(6-7-13(11)15)14(16)8-4-3-5-9-14/h6-7,10H,2-5,8-9,16H2,1H3. The highest BCUT2D eigenvalue weighted by Crippen LogP contribution is 2.35. The van der Waals surface area contributed by atoms with Crippen molar-refractivity contribution in [3.63, 3.8) is 0 Å². The summed E-state index contributed by atoms with van der Waals surface area (Å²) in [6.45, 7) is 1.98. The number of hydrogen-bond donors (Lipinski definition) is 1. The minimum atomic E-state index is -0.212. The molecule has 0 saturated heterocycles. The normalized spacial score (nSPS) is 19.7. The smallest absolute Gasteiger partial charge is 0.126 e. The van der Waals surface area contributed by atoms with Gasteiger partial charge >= 0.3 is 0 Å². The van der Waals surface area contributed by atoms with Crippen LogP contribution in [0.2, 0.25) is 0 Å². The average Bonchev–Trinajstić information content (AvgIpc) is 2.30. The van der Waals surface area contributed by atoms with E-state index in [1.54, 1.807) is 6.07 Å². The minimum Gasteiger partial charge on any atom is -0.321 e. The summed E-state index contributed by atoms with van der Waals surface area (Å²) < 4.78 is 13.4. The second-order valence-corrected chi connectivity index (χ2v) is 4.88. The van der Waals surface area contributed by atoms with Gasteiger partial charge in [-0.25, -0.2) is 4.39 Å². The predicted octanol–water partition coefficient (Wildman–Crippen LogP) is 3.51. The van der Waals surface area contributed by atoms with Crippen molar-refractivity contribution < 1.29 is 4.39 Å². The fourth-order valence-electron chi connectivity index (χ4n) is 2.63. The lowest BCUT2D eigenvalue weighted by Crippen LogP contribution is -2.38. The van der Waals surface area contributed by atoms with E-state index in [-0.39, 0.29) is 11.4 Å². The molecular weight excluding hydrogens is 201 g/mol. The van der Waals surface area contributed by atoms with Crippen LogP contribution in [-0.4, -0.2) is 0 Å². The van der Waals surface area contributed by atoms with Crippen LogP contribution >= 0.6 is 0 Å². The van der Waals surface area contributed by atoms with Gasteiger partial charge in [-0.2, -0.15) is 0 Å². The Labute approximate surface area is 96.9 Å². The van der Waals surface area contributed by atoms with E-state index in [9.17, 15) is 4.39 Å². The first-order valence-electron chi connectivity index (χ1n) is 6.23. The first-order valence-corrected chi connectivity index (χ1v) is 6.23. The van der Waals surface area contributed by atoms with E-state index in [1.807, 2.05) is 19.1 Å². The molecule has 1 aliphatic carbocycles. The van der Waals surface area contributed by atoms with E-state index in [2.05, 4.69) is 0 Å². The van der Waals surface area contributed by atoms with E-state index in [1.165, 1.54) is 19.3 Å². The van der Waals surface area contributed by atoms with Crippen LogP contribution in [0.25, 0.3) is 0 Å².